The maximum Gasteiger partial charge on any atom is 0.390 e. The van der Waals surface area contributed by atoms with Crippen LogP contribution in [0.4, 0.5) is 13.2 Å². The standard InChI is InChI=1S/C21H19F3O2/c1-26-19-12-10-18(11-13-19)20(25)14-9-17(15-21(22,23)24)8-7-16-5-3-2-4-6-16/h2-6,10-13,17H,9,14-15H2,1H3. The Bertz CT molecular complexity index is 769. The molecule has 2 nitrogen and oxygen atoms in total. The molecule has 0 aliphatic rings. The molecule has 136 valence electrons. The average molecular weight is 360 g/mol. The van der Waals surface area contributed by atoms with Gasteiger partial charge in [0.2, 0.25) is 0 Å². The van der Waals surface area contributed by atoms with Crippen molar-refractivity contribution < 1.29 is 22.7 Å². The van der Waals surface area contributed by atoms with Crippen molar-refractivity contribution in [3.8, 4) is 17.6 Å². The van der Waals surface area contributed by atoms with E-state index < -0.39 is 18.5 Å². The lowest BCUT2D eigenvalue weighted by atomic mass is 9.95. The van der Waals surface area contributed by atoms with E-state index in [1.54, 1.807) is 48.5 Å². The maximum atomic E-state index is 12.8. The van der Waals surface area contributed by atoms with Gasteiger partial charge in [-0.2, -0.15) is 13.2 Å². The lowest BCUT2D eigenvalue weighted by Crippen LogP contribution is -2.15. The van der Waals surface area contributed by atoms with Crippen LogP contribution < -0.4 is 4.74 Å². The van der Waals surface area contributed by atoms with Crippen LogP contribution >= 0.6 is 0 Å². The van der Waals surface area contributed by atoms with Crippen LogP contribution in [0.2, 0.25) is 0 Å². The van der Waals surface area contributed by atoms with Gasteiger partial charge in [0.1, 0.15) is 5.75 Å². The molecule has 0 saturated carbocycles. The van der Waals surface area contributed by atoms with E-state index in [-0.39, 0.29) is 18.6 Å². The molecule has 0 aromatic heterocycles. The third kappa shape index (κ3) is 6.64. The normalized spacial score (nSPS) is 12.0. The molecule has 26 heavy (non-hydrogen) atoms. The molecule has 2 aromatic carbocycles. The smallest absolute Gasteiger partial charge is 0.390 e. The number of rotatable bonds is 6. The Balaban J connectivity index is 2.04. The quantitative estimate of drug-likeness (QED) is 0.518. The fraction of sp³-hybridized carbons (Fsp3) is 0.286. The Hall–Kier alpha value is -2.74. The van der Waals surface area contributed by atoms with Crippen LogP contribution in [0.15, 0.2) is 54.6 Å². The predicted molar refractivity (Wildman–Crippen MR) is 94.0 cm³/mol. The summed E-state index contributed by atoms with van der Waals surface area (Å²) in [6.07, 6.45) is -5.28. The van der Waals surface area contributed by atoms with Gasteiger partial charge < -0.3 is 4.74 Å². The number of halogens is 3. The number of hydrogen-bond donors (Lipinski definition) is 0. The summed E-state index contributed by atoms with van der Waals surface area (Å²) in [4.78, 5) is 12.2. The number of methoxy groups -OCH3 is 1. The van der Waals surface area contributed by atoms with Crippen LogP contribution in [0.25, 0.3) is 0 Å². The lowest BCUT2D eigenvalue weighted by Gasteiger charge is -2.13. The number of benzene rings is 2. The number of Topliss-reactive ketones (excluding diaryl/α,β-unsaturated/α-hetero) is 1. The number of carbonyl (C=O) groups excluding carboxylic acids is 1. The highest BCUT2D eigenvalue weighted by atomic mass is 19.4. The molecule has 2 aromatic rings. The molecule has 0 radical (unpaired) electrons. The topological polar surface area (TPSA) is 26.3 Å². The minimum absolute atomic E-state index is 0.0105. The van der Waals surface area contributed by atoms with Gasteiger partial charge in [-0.3, -0.25) is 4.79 Å². The Labute approximate surface area is 151 Å². The summed E-state index contributed by atoms with van der Waals surface area (Å²) in [6.45, 7) is 0. The zero-order valence-corrected chi connectivity index (χ0v) is 14.3. The molecular weight excluding hydrogens is 341 g/mol. The minimum Gasteiger partial charge on any atom is -0.497 e. The van der Waals surface area contributed by atoms with Crippen molar-refractivity contribution in [2.45, 2.75) is 25.4 Å². The molecule has 5 heteroatoms. The molecule has 2 rings (SSSR count). The van der Waals surface area contributed by atoms with Crippen LogP contribution in [0, 0.1) is 17.8 Å². The van der Waals surface area contributed by atoms with Crippen molar-refractivity contribution in [2.75, 3.05) is 7.11 Å². The van der Waals surface area contributed by atoms with Gasteiger partial charge >= 0.3 is 6.18 Å². The van der Waals surface area contributed by atoms with Crippen molar-refractivity contribution in [3.63, 3.8) is 0 Å². The summed E-state index contributed by atoms with van der Waals surface area (Å²) in [7, 11) is 1.52. The van der Waals surface area contributed by atoms with E-state index in [2.05, 4.69) is 11.8 Å². The van der Waals surface area contributed by atoms with Crippen LogP contribution in [0.1, 0.15) is 35.2 Å². The van der Waals surface area contributed by atoms with E-state index in [0.717, 1.165) is 0 Å². The Morgan fingerprint density at radius 1 is 1.08 bits per heavy atom. The molecule has 0 amide bonds. The highest BCUT2D eigenvalue weighted by Crippen LogP contribution is 2.27. The van der Waals surface area contributed by atoms with Gasteiger partial charge in [0.15, 0.2) is 5.78 Å². The van der Waals surface area contributed by atoms with Crippen molar-refractivity contribution >= 4 is 5.78 Å². The summed E-state index contributed by atoms with van der Waals surface area (Å²) >= 11 is 0. The molecule has 0 bridgehead atoms. The summed E-state index contributed by atoms with van der Waals surface area (Å²) < 4.78 is 43.4. The van der Waals surface area contributed by atoms with E-state index in [1.165, 1.54) is 7.11 Å². The van der Waals surface area contributed by atoms with Crippen molar-refractivity contribution in [1.29, 1.82) is 0 Å². The third-order valence-corrected chi connectivity index (χ3v) is 3.80. The fourth-order valence-corrected chi connectivity index (χ4v) is 2.44. The molecule has 0 aliphatic heterocycles. The first-order valence-electron chi connectivity index (χ1n) is 8.18. The van der Waals surface area contributed by atoms with Crippen LogP contribution in [0.5, 0.6) is 5.75 Å². The number of carbonyl (C=O) groups is 1. The Morgan fingerprint density at radius 3 is 2.31 bits per heavy atom. The largest absolute Gasteiger partial charge is 0.497 e. The third-order valence-electron chi connectivity index (χ3n) is 3.80. The van der Waals surface area contributed by atoms with E-state index in [0.29, 0.717) is 16.9 Å². The zero-order valence-electron chi connectivity index (χ0n) is 14.3. The van der Waals surface area contributed by atoms with Gasteiger partial charge in [0.05, 0.1) is 13.5 Å². The van der Waals surface area contributed by atoms with E-state index in [9.17, 15) is 18.0 Å². The van der Waals surface area contributed by atoms with Gasteiger partial charge in [0, 0.05) is 23.5 Å². The second kappa shape index (κ2) is 9.10. The summed E-state index contributed by atoms with van der Waals surface area (Å²) in [6, 6.07) is 15.3. The molecule has 0 fully saturated rings. The summed E-state index contributed by atoms with van der Waals surface area (Å²) in [5.41, 5.74) is 1.11. The second-order valence-electron chi connectivity index (χ2n) is 5.84. The van der Waals surface area contributed by atoms with Gasteiger partial charge in [-0.15, -0.1) is 0 Å². The average Bonchev–Trinajstić information content (AvgIpc) is 2.63. The van der Waals surface area contributed by atoms with Gasteiger partial charge in [-0.1, -0.05) is 30.0 Å². The molecular formula is C21H19F3O2. The van der Waals surface area contributed by atoms with E-state index in [4.69, 9.17) is 4.74 Å². The second-order valence-corrected chi connectivity index (χ2v) is 5.84. The first-order valence-corrected chi connectivity index (χ1v) is 8.18. The minimum atomic E-state index is -4.32. The van der Waals surface area contributed by atoms with Crippen LogP contribution in [-0.2, 0) is 0 Å². The molecule has 0 saturated heterocycles. The van der Waals surface area contributed by atoms with E-state index in [1.807, 2.05) is 6.07 Å². The molecule has 1 unspecified atom stereocenters. The summed E-state index contributed by atoms with van der Waals surface area (Å²) in [5, 5.41) is 0. The van der Waals surface area contributed by atoms with Gasteiger partial charge in [-0.25, -0.2) is 0 Å². The molecule has 0 aliphatic carbocycles. The highest BCUT2D eigenvalue weighted by Gasteiger charge is 2.31. The van der Waals surface area contributed by atoms with E-state index >= 15 is 0 Å². The van der Waals surface area contributed by atoms with Crippen LogP contribution in [0.3, 0.4) is 0 Å². The first kappa shape index (κ1) is 19.6. The lowest BCUT2D eigenvalue weighted by molar-refractivity contribution is -0.140. The zero-order chi connectivity index (χ0) is 19.0. The monoisotopic (exact) mass is 360 g/mol. The van der Waals surface area contributed by atoms with Crippen molar-refractivity contribution in [1.82, 2.24) is 0 Å². The maximum absolute atomic E-state index is 12.8. The summed E-state index contributed by atoms with van der Waals surface area (Å²) in [5.74, 6) is 4.93. The predicted octanol–water partition coefficient (Wildman–Crippen LogP) is 5.28. The molecule has 1 atom stereocenters. The fourth-order valence-electron chi connectivity index (χ4n) is 2.44. The number of hydrogen-bond acceptors (Lipinski definition) is 2. The van der Waals surface area contributed by atoms with Crippen LogP contribution in [-0.4, -0.2) is 19.1 Å². The Morgan fingerprint density at radius 2 is 1.73 bits per heavy atom. The first-order chi connectivity index (χ1) is 12.4. The van der Waals surface area contributed by atoms with Gasteiger partial charge in [-0.05, 0) is 42.8 Å². The van der Waals surface area contributed by atoms with Crippen molar-refractivity contribution in [3.05, 3.63) is 65.7 Å². The number of alkyl halides is 3. The highest BCUT2D eigenvalue weighted by molar-refractivity contribution is 5.96. The molecule has 0 heterocycles. The molecule has 0 N–H and O–H groups in total. The van der Waals surface area contributed by atoms with Crippen molar-refractivity contribution in [2.24, 2.45) is 5.92 Å². The SMILES string of the molecule is COc1ccc(C(=O)CCC(C#Cc2ccccc2)CC(F)(F)F)cc1. The molecule has 0 spiro atoms. The number of ether oxygens (including phenoxy) is 1. The number of ketones is 1. The Kier molecular flexibility index (Phi) is 6.85. The van der Waals surface area contributed by atoms with Gasteiger partial charge in [0.25, 0.3) is 0 Å².